The van der Waals surface area contributed by atoms with Gasteiger partial charge in [-0.05, 0) is 61.3 Å². The van der Waals surface area contributed by atoms with Gasteiger partial charge < -0.3 is 5.32 Å². The molecule has 10 heteroatoms. The highest BCUT2D eigenvalue weighted by Gasteiger charge is 2.30. The van der Waals surface area contributed by atoms with E-state index in [0.29, 0.717) is 29.2 Å². The Bertz CT molecular complexity index is 1150. The molecule has 0 saturated carbocycles. The van der Waals surface area contributed by atoms with E-state index in [4.69, 9.17) is 0 Å². The molecule has 0 radical (unpaired) electrons. The smallest absolute Gasteiger partial charge is 0.323 e. The van der Waals surface area contributed by atoms with Crippen molar-refractivity contribution in [3.8, 4) is 0 Å². The van der Waals surface area contributed by atoms with Gasteiger partial charge in [0, 0.05) is 5.69 Å². The lowest BCUT2D eigenvalue weighted by Gasteiger charge is -2.14. The lowest BCUT2D eigenvalue weighted by atomic mass is 10.1. The van der Waals surface area contributed by atoms with Crippen LogP contribution in [0.25, 0.3) is 0 Å². The van der Waals surface area contributed by atoms with Crippen molar-refractivity contribution in [3.63, 3.8) is 0 Å². The molecule has 1 N–H and O–H groups in total. The summed E-state index contributed by atoms with van der Waals surface area (Å²) in [5.41, 5.74) is 3.43. The summed E-state index contributed by atoms with van der Waals surface area (Å²) in [6.07, 6.45) is -4.40. The third kappa shape index (κ3) is 5.06. The fourth-order valence-electron chi connectivity index (χ4n) is 3.49. The van der Waals surface area contributed by atoms with Crippen LogP contribution in [0, 0.1) is 33.6 Å². The van der Waals surface area contributed by atoms with Crippen LogP contribution in [0.2, 0.25) is 0 Å². The quantitative estimate of drug-likeness (QED) is 0.480. The maximum atomic E-state index is 13.0. The fraction of sp³-hybridized carbons (Fsp3) is 0.409. The summed E-state index contributed by atoms with van der Waals surface area (Å²) >= 11 is 3.49. The lowest BCUT2D eigenvalue weighted by molar-refractivity contribution is -0.137. The van der Waals surface area contributed by atoms with E-state index in [1.807, 2.05) is 20.8 Å². The van der Waals surface area contributed by atoms with Gasteiger partial charge in [0.15, 0.2) is 0 Å². The number of carbonyl (C=O) groups is 1. The molecule has 0 saturated heterocycles. The molecule has 3 aromatic rings. The van der Waals surface area contributed by atoms with Crippen LogP contribution < -0.4 is 5.32 Å². The maximum Gasteiger partial charge on any atom is 0.416 e. The van der Waals surface area contributed by atoms with Crippen molar-refractivity contribution in [1.29, 1.82) is 0 Å². The zero-order valence-corrected chi connectivity index (χ0v) is 20.1. The van der Waals surface area contributed by atoms with Crippen LogP contribution in [0.15, 0.2) is 28.7 Å². The normalized spacial score (nSPS) is 12.8. The van der Waals surface area contributed by atoms with Gasteiger partial charge in [0.2, 0.25) is 5.91 Å². The summed E-state index contributed by atoms with van der Waals surface area (Å²) in [6.45, 7) is 9.77. The van der Waals surface area contributed by atoms with Gasteiger partial charge in [-0.2, -0.15) is 23.4 Å². The first-order valence-corrected chi connectivity index (χ1v) is 10.9. The van der Waals surface area contributed by atoms with Crippen LogP contribution in [0.3, 0.4) is 0 Å². The fourth-order valence-corrected chi connectivity index (χ4v) is 3.78. The predicted octanol–water partition coefficient (Wildman–Crippen LogP) is 5.42. The summed E-state index contributed by atoms with van der Waals surface area (Å²) in [5.74, 6) is -0.538. The molecule has 1 aromatic carbocycles. The van der Waals surface area contributed by atoms with Crippen LogP contribution in [-0.2, 0) is 24.1 Å². The summed E-state index contributed by atoms with van der Waals surface area (Å²) in [7, 11) is 0. The number of nitrogens with zero attached hydrogens (tertiary/aromatic N) is 4. The molecular weight excluding hydrogens is 487 g/mol. The van der Waals surface area contributed by atoms with Crippen molar-refractivity contribution < 1.29 is 18.0 Å². The predicted molar refractivity (Wildman–Crippen MR) is 119 cm³/mol. The number of carbonyl (C=O) groups excluding carboxylic acids is 1. The summed E-state index contributed by atoms with van der Waals surface area (Å²) in [6, 6.07) is 5.16. The Morgan fingerprint density at radius 2 is 1.75 bits per heavy atom. The van der Waals surface area contributed by atoms with E-state index in [1.165, 1.54) is 6.07 Å². The number of rotatable bonds is 6. The van der Waals surface area contributed by atoms with Gasteiger partial charge in [-0.1, -0.05) is 19.1 Å². The molecule has 32 heavy (non-hydrogen) atoms. The summed E-state index contributed by atoms with van der Waals surface area (Å²) in [4.78, 5) is 12.8. The standard InChI is InChI=1S/C22H25BrF3N5O/c1-12(10-30-15(4)19(23)13(2)28-30)21(32)27-20-14(3)29-31(16(20)5)11-17-7-6-8-18(9-17)22(24,25)26/h6-9,12H,10-11H2,1-5H3,(H,27,32). The van der Waals surface area contributed by atoms with Crippen LogP contribution in [0.4, 0.5) is 18.9 Å². The zero-order chi connectivity index (χ0) is 23.8. The number of benzene rings is 1. The topological polar surface area (TPSA) is 64.7 Å². The molecule has 2 aromatic heterocycles. The van der Waals surface area contributed by atoms with Gasteiger partial charge in [-0.15, -0.1) is 0 Å². The van der Waals surface area contributed by atoms with Gasteiger partial charge in [0.25, 0.3) is 0 Å². The van der Waals surface area contributed by atoms with Gasteiger partial charge in [0.1, 0.15) is 0 Å². The monoisotopic (exact) mass is 511 g/mol. The number of hydrogen-bond acceptors (Lipinski definition) is 3. The highest BCUT2D eigenvalue weighted by Crippen LogP contribution is 2.30. The number of aryl methyl sites for hydroxylation is 2. The van der Waals surface area contributed by atoms with E-state index >= 15 is 0 Å². The number of amides is 1. The molecule has 1 unspecified atom stereocenters. The first-order valence-electron chi connectivity index (χ1n) is 10.1. The number of halogens is 4. The van der Waals surface area contributed by atoms with Crippen LogP contribution in [0.1, 0.15) is 40.8 Å². The molecule has 0 aliphatic rings. The second-order valence-electron chi connectivity index (χ2n) is 7.96. The van der Waals surface area contributed by atoms with Crippen molar-refractivity contribution in [2.75, 3.05) is 5.32 Å². The van der Waals surface area contributed by atoms with E-state index in [0.717, 1.165) is 28.0 Å². The average Bonchev–Trinajstić information content (AvgIpc) is 3.11. The van der Waals surface area contributed by atoms with E-state index in [2.05, 4.69) is 31.4 Å². The Kier molecular flexibility index (Phi) is 6.83. The van der Waals surface area contributed by atoms with Gasteiger partial charge in [0.05, 0.1) is 51.8 Å². The van der Waals surface area contributed by atoms with Crippen molar-refractivity contribution in [2.45, 2.75) is 53.9 Å². The van der Waals surface area contributed by atoms with Crippen molar-refractivity contribution in [3.05, 3.63) is 62.6 Å². The Hall–Kier alpha value is -2.62. The minimum atomic E-state index is -4.40. The molecule has 0 fully saturated rings. The number of alkyl halides is 3. The Balaban J connectivity index is 1.74. The van der Waals surface area contributed by atoms with E-state index < -0.39 is 11.7 Å². The van der Waals surface area contributed by atoms with Crippen LogP contribution in [-0.4, -0.2) is 25.5 Å². The summed E-state index contributed by atoms with van der Waals surface area (Å²) < 4.78 is 43.3. The van der Waals surface area contributed by atoms with Gasteiger partial charge >= 0.3 is 6.18 Å². The van der Waals surface area contributed by atoms with Gasteiger partial charge in [-0.25, -0.2) is 0 Å². The second-order valence-corrected chi connectivity index (χ2v) is 8.75. The number of hydrogen-bond donors (Lipinski definition) is 1. The minimum absolute atomic E-state index is 0.168. The third-order valence-electron chi connectivity index (χ3n) is 5.40. The molecule has 0 bridgehead atoms. The van der Waals surface area contributed by atoms with Crippen LogP contribution >= 0.6 is 15.9 Å². The highest BCUT2D eigenvalue weighted by molar-refractivity contribution is 9.10. The second kappa shape index (κ2) is 9.09. The number of nitrogens with one attached hydrogen (secondary N) is 1. The number of anilines is 1. The highest BCUT2D eigenvalue weighted by atomic mass is 79.9. The SMILES string of the molecule is Cc1nn(CC(C)C(=O)Nc2c(C)nn(Cc3cccc(C(F)(F)F)c3)c2C)c(C)c1Br. The van der Waals surface area contributed by atoms with E-state index in [-0.39, 0.29) is 18.4 Å². The minimum Gasteiger partial charge on any atom is -0.323 e. The molecule has 0 spiro atoms. The molecule has 2 heterocycles. The third-order valence-corrected chi connectivity index (χ3v) is 6.55. The molecule has 3 rings (SSSR count). The molecule has 1 amide bonds. The Morgan fingerprint density at radius 3 is 2.34 bits per heavy atom. The van der Waals surface area contributed by atoms with Gasteiger partial charge in [-0.3, -0.25) is 14.2 Å². The Morgan fingerprint density at radius 1 is 1.09 bits per heavy atom. The molecule has 1 atom stereocenters. The van der Waals surface area contributed by atoms with Crippen LogP contribution in [0.5, 0.6) is 0 Å². The average molecular weight is 512 g/mol. The first-order chi connectivity index (χ1) is 14.9. The summed E-state index contributed by atoms with van der Waals surface area (Å²) in [5, 5.41) is 11.8. The van der Waals surface area contributed by atoms with E-state index in [1.54, 1.807) is 29.3 Å². The lowest BCUT2D eigenvalue weighted by Crippen LogP contribution is -2.25. The van der Waals surface area contributed by atoms with Crippen molar-refractivity contribution >= 4 is 27.5 Å². The molecule has 0 aliphatic carbocycles. The molecule has 0 aliphatic heterocycles. The first kappa shape index (κ1) is 24.0. The van der Waals surface area contributed by atoms with Crippen molar-refractivity contribution in [1.82, 2.24) is 19.6 Å². The van der Waals surface area contributed by atoms with Crippen molar-refractivity contribution in [2.24, 2.45) is 5.92 Å². The zero-order valence-electron chi connectivity index (χ0n) is 18.5. The molecule has 6 nitrogen and oxygen atoms in total. The maximum absolute atomic E-state index is 13.0. The largest absolute Gasteiger partial charge is 0.416 e. The number of aromatic nitrogens is 4. The Labute approximate surface area is 192 Å². The molecule has 172 valence electrons. The molecular formula is C22H25BrF3N5O. The van der Waals surface area contributed by atoms with E-state index in [9.17, 15) is 18.0 Å².